The Hall–Kier alpha value is -1.06. The first-order valence-electron chi connectivity index (χ1n) is 17.8. The third kappa shape index (κ3) is 16.2. The monoisotopic (exact) mass is 612 g/mol. The first kappa shape index (κ1) is 38.1. The number of cyclic esters (lactones) is 1. The molecule has 2 rings (SSSR count). The fraction of sp³-hybridized carbons (Fsp3) is 0.943. The Balaban J connectivity index is 1.46. The predicted octanol–water partition coefficient (Wildman–Crippen LogP) is 6.32. The van der Waals surface area contributed by atoms with Gasteiger partial charge < -0.3 is 34.7 Å². The summed E-state index contributed by atoms with van der Waals surface area (Å²) in [5.74, 6) is -0.555. The van der Waals surface area contributed by atoms with Gasteiger partial charge in [-0.25, -0.2) is 0 Å². The van der Waals surface area contributed by atoms with Crippen molar-refractivity contribution in [1.82, 2.24) is 0 Å². The van der Waals surface area contributed by atoms with Crippen LogP contribution in [0.4, 0.5) is 0 Å². The van der Waals surface area contributed by atoms with Gasteiger partial charge in [0.15, 0.2) is 0 Å². The van der Waals surface area contributed by atoms with Crippen molar-refractivity contribution in [2.24, 2.45) is 5.92 Å². The van der Waals surface area contributed by atoms with E-state index in [4.69, 9.17) is 9.47 Å². The van der Waals surface area contributed by atoms with Gasteiger partial charge in [-0.05, 0) is 71.1 Å². The lowest BCUT2D eigenvalue weighted by atomic mass is 9.96. The molecule has 2 heterocycles. The maximum atomic E-state index is 11.8. The molecule has 2 aliphatic heterocycles. The van der Waals surface area contributed by atoms with Gasteiger partial charge in [0.1, 0.15) is 11.9 Å². The van der Waals surface area contributed by atoms with Crippen LogP contribution in [0.5, 0.6) is 0 Å². The van der Waals surface area contributed by atoms with E-state index in [0.717, 1.165) is 57.8 Å². The van der Waals surface area contributed by atoms with Crippen molar-refractivity contribution in [2.45, 2.75) is 204 Å². The topological polar surface area (TPSA) is 134 Å². The van der Waals surface area contributed by atoms with E-state index in [9.17, 15) is 30.0 Å². The predicted molar refractivity (Wildman–Crippen MR) is 169 cm³/mol. The number of aliphatic hydroxyl groups excluding tert-OH is 4. The molecule has 8 nitrogen and oxygen atoms in total. The van der Waals surface area contributed by atoms with E-state index < -0.39 is 24.4 Å². The molecule has 0 amide bonds. The van der Waals surface area contributed by atoms with Gasteiger partial charge in [-0.15, -0.1) is 0 Å². The minimum absolute atomic E-state index is 0.00928. The number of ether oxygens (including phenoxy) is 2. The lowest BCUT2D eigenvalue weighted by Gasteiger charge is -2.23. The van der Waals surface area contributed by atoms with E-state index in [1.165, 1.54) is 58.3 Å². The second-order valence-electron chi connectivity index (χ2n) is 13.5. The number of hydrogen-bond donors (Lipinski definition) is 4. The molecule has 0 radical (unpaired) electrons. The molecule has 0 aromatic carbocycles. The van der Waals surface area contributed by atoms with E-state index in [1.54, 1.807) is 0 Å². The van der Waals surface area contributed by atoms with Gasteiger partial charge in [0, 0.05) is 6.42 Å². The zero-order valence-corrected chi connectivity index (χ0v) is 27.3. The highest BCUT2D eigenvalue weighted by Gasteiger charge is 2.35. The summed E-state index contributed by atoms with van der Waals surface area (Å²) in [7, 11) is 0. The molecular formula is C35H64O8. The summed E-state index contributed by atoms with van der Waals surface area (Å²) >= 11 is 0. The van der Waals surface area contributed by atoms with Crippen molar-refractivity contribution in [3.63, 3.8) is 0 Å². The van der Waals surface area contributed by atoms with Crippen molar-refractivity contribution < 1.29 is 39.5 Å². The number of rotatable bonds is 26. The lowest BCUT2D eigenvalue weighted by molar-refractivity contribution is -0.145. The molecule has 0 saturated carbocycles. The van der Waals surface area contributed by atoms with Gasteiger partial charge in [0.2, 0.25) is 0 Å². The maximum absolute atomic E-state index is 11.8. The molecule has 4 N–H and O–H groups in total. The van der Waals surface area contributed by atoms with Gasteiger partial charge in [-0.1, -0.05) is 84.0 Å². The highest BCUT2D eigenvalue weighted by Crippen LogP contribution is 2.29. The smallest absolute Gasteiger partial charge is 0.309 e. The van der Waals surface area contributed by atoms with Gasteiger partial charge >= 0.3 is 5.97 Å². The highest BCUT2D eigenvalue weighted by atomic mass is 16.6. The van der Waals surface area contributed by atoms with Crippen LogP contribution in [-0.2, 0) is 19.1 Å². The lowest BCUT2D eigenvalue weighted by Crippen LogP contribution is -2.31. The molecule has 8 heteroatoms. The fourth-order valence-electron chi connectivity index (χ4n) is 6.70. The van der Waals surface area contributed by atoms with E-state index in [-0.39, 0.29) is 42.4 Å². The Morgan fingerprint density at radius 1 is 0.721 bits per heavy atom. The van der Waals surface area contributed by atoms with Crippen LogP contribution in [-0.4, -0.2) is 74.9 Å². The van der Waals surface area contributed by atoms with Crippen LogP contribution in [0, 0.1) is 5.92 Å². The van der Waals surface area contributed by atoms with Gasteiger partial charge in [-0.3, -0.25) is 4.79 Å². The minimum Gasteiger partial charge on any atom is -0.462 e. The normalized spacial score (nSPS) is 25.0. The van der Waals surface area contributed by atoms with E-state index in [1.807, 2.05) is 0 Å². The minimum atomic E-state index is -0.824. The Bertz CT molecular complexity index is 745. The molecule has 0 aromatic rings. The molecule has 2 aliphatic rings. The third-order valence-electron chi connectivity index (χ3n) is 9.46. The van der Waals surface area contributed by atoms with E-state index in [0.29, 0.717) is 32.1 Å². The third-order valence-corrected chi connectivity index (χ3v) is 9.46. The average Bonchev–Trinajstić information content (AvgIpc) is 3.60. The number of aliphatic hydroxyl groups is 4. The van der Waals surface area contributed by atoms with Crippen molar-refractivity contribution >= 4 is 11.8 Å². The van der Waals surface area contributed by atoms with Crippen molar-refractivity contribution in [3.05, 3.63) is 0 Å². The quantitative estimate of drug-likeness (QED) is 0.0659. The summed E-state index contributed by atoms with van der Waals surface area (Å²) in [6.45, 7) is 3.74. The molecule has 252 valence electrons. The summed E-state index contributed by atoms with van der Waals surface area (Å²) < 4.78 is 11.4. The van der Waals surface area contributed by atoms with Crippen LogP contribution in [0.2, 0.25) is 0 Å². The summed E-state index contributed by atoms with van der Waals surface area (Å²) in [4.78, 5) is 23.1. The van der Waals surface area contributed by atoms with Crippen LogP contribution in [0.1, 0.15) is 162 Å². The summed E-state index contributed by atoms with van der Waals surface area (Å²) in [5, 5.41) is 42.0. The van der Waals surface area contributed by atoms with Crippen LogP contribution in [0.3, 0.4) is 0 Å². The van der Waals surface area contributed by atoms with Crippen LogP contribution in [0.25, 0.3) is 0 Å². The number of ketones is 1. The first-order chi connectivity index (χ1) is 20.7. The summed E-state index contributed by atoms with van der Waals surface area (Å²) in [6.07, 6.45) is 17.8. The number of unbranched alkanes of at least 4 members (excludes halogenated alkanes) is 11. The SMILES string of the molecule is CCCCCCCCCCCC[C@@H](O)[C@H]1CC[C@H]([C@H](O)CCCC(O)C(O)CCCCC[C@@H]2CC(CC(C)=O)C(=O)O2)O1. The Morgan fingerprint density at radius 3 is 1.79 bits per heavy atom. The average molecular weight is 613 g/mol. The number of carbonyl (C=O) groups excluding carboxylic acids is 2. The number of Topliss-reactive ketones (excluding diaryl/α,β-unsaturated/α-hetero) is 1. The molecule has 0 bridgehead atoms. The standard InChI is InChI=1S/C35H64O8/c1-3-4-5-6-7-8-9-10-11-14-19-31(39)33-22-23-34(43-33)32(40)21-16-20-30(38)29(37)18-15-12-13-17-28-25-27(24-26(2)36)35(41)42-28/h27-34,37-40H,3-25H2,1-2H3/t27?,28-,29?,30?,31-,32-,33-,34-/m1/s1. The second-order valence-corrected chi connectivity index (χ2v) is 13.5. The number of carbonyl (C=O) groups is 2. The highest BCUT2D eigenvalue weighted by molar-refractivity contribution is 5.83. The molecule has 3 unspecified atom stereocenters. The summed E-state index contributed by atoms with van der Waals surface area (Å²) in [5.41, 5.74) is 0. The molecule has 0 aliphatic carbocycles. The Morgan fingerprint density at radius 2 is 1.21 bits per heavy atom. The van der Waals surface area contributed by atoms with Crippen molar-refractivity contribution in [2.75, 3.05) is 0 Å². The number of hydrogen-bond acceptors (Lipinski definition) is 8. The van der Waals surface area contributed by atoms with Gasteiger partial charge in [0.25, 0.3) is 0 Å². The second kappa shape index (κ2) is 22.4. The maximum Gasteiger partial charge on any atom is 0.309 e. The van der Waals surface area contributed by atoms with Crippen LogP contribution < -0.4 is 0 Å². The fourth-order valence-corrected chi connectivity index (χ4v) is 6.70. The van der Waals surface area contributed by atoms with E-state index in [2.05, 4.69) is 6.92 Å². The van der Waals surface area contributed by atoms with Gasteiger partial charge in [0.05, 0.1) is 42.5 Å². The zero-order chi connectivity index (χ0) is 31.5. The molecular weight excluding hydrogens is 548 g/mol. The zero-order valence-electron chi connectivity index (χ0n) is 27.3. The molecule has 0 spiro atoms. The van der Waals surface area contributed by atoms with Crippen LogP contribution in [0.15, 0.2) is 0 Å². The van der Waals surface area contributed by atoms with Gasteiger partial charge in [-0.2, -0.15) is 0 Å². The van der Waals surface area contributed by atoms with Crippen molar-refractivity contribution in [3.8, 4) is 0 Å². The molecule has 8 atom stereocenters. The molecule has 0 aromatic heterocycles. The van der Waals surface area contributed by atoms with Crippen molar-refractivity contribution in [1.29, 1.82) is 0 Å². The van der Waals surface area contributed by atoms with Crippen LogP contribution >= 0.6 is 0 Å². The molecule has 43 heavy (non-hydrogen) atoms. The molecule has 2 fully saturated rings. The number of esters is 1. The Kier molecular flexibility index (Phi) is 19.9. The Labute approximate surface area is 261 Å². The largest absolute Gasteiger partial charge is 0.462 e. The first-order valence-corrected chi connectivity index (χ1v) is 17.8. The van der Waals surface area contributed by atoms with E-state index >= 15 is 0 Å². The summed E-state index contributed by atoms with van der Waals surface area (Å²) in [6, 6.07) is 0. The molecule has 2 saturated heterocycles.